The van der Waals surface area contributed by atoms with Crippen molar-refractivity contribution in [1.82, 2.24) is 0 Å². The molecule has 0 rings (SSSR count). The number of hydrogen-bond acceptors (Lipinski definition) is 3. The van der Waals surface area contributed by atoms with Gasteiger partial charge < -0.3 is 9.47 Å². The molecule has 0 saturated carbocycles. The highest BCUT2D eigenvalue weighted by Gasteiger charge is 2.01. The Kier molecular flexibility index (Phi) is 3.10. The van der Waals surface area contributed by atoms with Crippen LogP contribution < -0.4 is 0 Å². The minimum absolute atomic E-state index is 0.329. The molecular weight excluding hydrogens is 115 g/mol. The topological polar surface area (TPSA) is 35.5 Å². The predicted molar refractivity (Wildman–Crippen MR) is 23.9 cm³/mol. The van der Waals surface area contributed by atoms with Gasteiger partial charge in [0.1, 0.15) is 6.61 Å². The molecule has 0 N–H and O–H groups in total. The summed E-state index contributed by atoms with van der Waals surface area (Å²) in [4.78, 5) is 9.68. The Morgan fingerprint density at radius 3 is 3.12 bits per heavy atom. The summed E-state index contributed by atoms with van der Waals surface area (Å²) in [6.45, 7) is -0.329. The predicted octanol–water partition coefficient (Wildman–Crippen LogP) is 0.101. The summed E-state index contributed by atoms with van der Waals surface area (Å²) in [7, 11) is 1.27. The lowest BCUT2D eigenvalue weighted by Gasteiger charge is -2.01. The van der Waals surface area contributed by atoms with Crippen LogP contribution in [-0.4, -0.2) is 26.5 Å². The number of ether oxygens (including phenoxy) is 2. The zero-order chi connectivity index (χ0) is 7.28. The molecule has 0 aliphatic rings. The molecule has 0 aromatic carbocycles. The number of hydrogen-bond donors (Lipinski definition) is 0. The van der Waals surface area contributed by atoms with Crippen molar-refractivity contribution in [3.63, 3.8) is 0 Å². The van der Waals surface area contributed by atoms with Crippen molar-refractivity contribution in [2.24, 2.45) is 0 Å². The maximum absolute atomic E-state index is 12.0. The van der Waals surface area contributed by atoms with E-state index in [1.54, 1.807) is 0 Å². The largest absolute Gasteiger partial charge is 0.431 e. The lowest BCUT2D eigenvalue weighted by Crippen LogP contribution is -2.11. The summed E-state index contributed by atoms with van der Waals surface area (Å²) in [5.74, 6) is 0. The van der Waals surface area contributed by atoms with Crippen LogP contribution in [0, 0.1) is 0 Å². The average Bonchev–Trinajstić information content (AvgIpc) is 1.63. The molecular formula is C4H7FO3. The molecule has 8 heavy (non-hydrogen) atoms. The van der Waals surface area contributed by atoms with Crippen LogP contribution in [0.15, 0.2) is 0 Å². The quantitative estimate of drug-likeness (QED) is 0.499. The second-order valence-corrected chi connectivity index (χ2v) is 1.07. The third kappa shape index (κ3) is 3.55. The van der Waals surface area contributed by atoms with Crippen LogP contribution in [0.4, 0.5) is 4.39 Å². The molecule has 1 atom stereocenters. The van der Waals surface area contributed by atoms with Gasteiger partial charge in [0, 0.05) is 7.11 Å². The fourth-order valence-corrected chi connectivity index (χ4v) is 0.217. The minimum atomic E-state index is -1.82. The van der Waals surface area contributed by atoms with Crippen LogP contribution in [0.3, 0.4) is 0 Å². The summed E-state index contributed by atoms with van der Waals surface area (Å²) in [6.07, 6.45) is -3.21. The molecule has 0 saturated heterocycles. The first kappa shape index (κ1) is 5.50. The lowest BCUT2D eigenvalue weighted by atomic mass is 10.7. The van der Waals surface area contributed by atoms with Crippen molar-refractivity contribution in [3.05, 3.63) is 0 Å². The Balaban J connectivity index is 3.26. The first-order valence-corrected chi connectivity index (χ1v) is 1.97. The first-order valence-electron chi connectivity index (χ1n) is 2.47. The van der Waals surface area contributed by atoms with Crippen molar-refractivity contribution < 1.29 is 20.0 Å². The fraction of sp³-hybridized carbons (Fsp3) is 0.750. The summed E-state index contributed by atoms with van der Waals surface area (Å²) in [5, 5.41) is 0. The Bertz CT molecular complexity index is 97.8. The number of alkyl halides is 1. The van der Waals surface area contributed by atoms with Gasteiger partial charge in [0.25, 0.3) is 12.8 Å². The standard InChI is InChI=1S/C4H7FO3/c1-7-2-4(5)8-3-6/h3-4H,2H2,1H3/i3D. The SMILES string of the molecule is [2H]C(=O)OC(F)COC. The Morgan fingerprint density at radius 1 is 2.12 bits per heavy atom. The molecule has 0 radical (unpaired) electrons. The van der Waals surface area contributed by atoms with Crippen molar-refractivity contribution >= 4 is 6.45 Å². The summed E-state index contributed by atoms with van der Waals surface area (Å²) >= 11 is 0. The molecule has 0 aliphatic heterocycles. The number of methoxy groups -OCH3 is 1. The highest BCUT2D eigenvalue weighted by atomic mass is 19.1. The molecule has 0 spiro atoms. The van der Waals surface area contributed by atoms with E-state index in [0.29, 0.717) is 0 Å². The molecule has 0 aromatic rings. The van der Waals surface area contributed by atoms with Crippen LogP contribution in [0.5, 0.6) is 0 Å². The molecule has 0 amide bonds. The zero-order valence-corrected chi connectivity index (χ0v) is 4.39. The van der Waals surface area contributed by atoms with Crippen LogP contribution in [0.25, 0.3) is 0 Å². The second kappa shape index (κ2) is 4.52. The van der Waals surface area contributed by atoms with Gasteiger partial charge in [-0.1, -0.05) is 0 Å². The van der Waals surface area contributed by atoms with Crippen LogP contribution in [0.2, 0.25) is 0 Å². The third-order valence-electron chi connectivity index (χ3n) is 0.474. The van der Waals surface area contributed by atoms with Gasteiger partial charge in [0.2, 0.25) is 0 Å². The zero-order valence-electron chi connectivity index (χ0n) is 5.39. The highest BCUT2D eigenvalue weighted by molar-refractivity contribution is 5.37. The number of rotatable bonds is 3. The maximum Gasteiger partial charge on any atom is 0.295 e. The third-order valence-corrected chi connectivity index (χ3v) is 0.474. The van der Waals surface area contributed by atoms with Crippen LogP contribution >= 0.6 is 0 Å². The van der Waals surface area contributed by atoms with E-state index in [1.165, 1.54) is 7.11 Å². The Morgan fingerprint density at radius 2 is 2.75 bits per heavy atom. The van der Waals surface area contributed by atoms with E-state index < -0.39 is 12.8 Å². The molecule has 0 bridgehead atoms. The monoisotopic (exact) mass is 123 g/mol. The van der Waals surface area contributed by atoms with E-state index in [9.17, 15) is 9.18 Å². The number of halogens is 1. The van der Waals surface area contributed by atoms with Crippen molar-refractivity contribution in [2.75, 3.05) is 13.7 Å². The van der Waals surface area contributed by atoms with Gasteiger partial charge in [-0.25, -0.2) is 0 Å². The van der Waals surface area contributed by atoms with Gasteiger partial charge in [0.15, 0.2) is 1.37 Å². The van der Waals surface area contributed by atoms with Gasteiger partial charge in [-0.2, -0.15) is 4.39 Å². The maximum atomic E-state index is 12.0. The average molecular weight is 123 g/mol. The van der Waals surface area contributed by atoms with E-state index in [2.05, 4.69) is 9.47 Å². The smallest absolute Gasteiger partial charge is 0.295 e. The van der Waals surface area contributed by atoms with Gasteiger partial charge in [-0.05, 0) is 0 Å². The molecule has 4 heteroatoms. The molecule has 0 aromatic heterocycles. The molecule has 0 fully saturated rings. The summed E-state index contributed by atoms with van der Waals surface area (Å²) in [6, 6.07) is 0. The second-order valence-electron chi connectivity index (χ2n) is 1.07. The van der Waals surface area contributed by atoms with E-state index in [0.717, 1.165) is 0 Å². The van der Waals surface area contributed by atoms with Crippen molar-refractivity contribution in [2.45, 2.75) is 6.36 Å². The molecule has 48 valence electrons. The minimum Gasteiger partial charge on any atom is -0.431 e. The van der Waals surface area contributed by atoms with E-state index in [4.69, 9.17) is 1.37 Å². The molecule has 0 heterocycles. The number of carbonyl (C=O) groups excluding carboxylic acids is 1. The molecule has 0 aliphatic carbocycles. The van der Waals surface area contributed by atoms with Gasteiger partial charge in [-0.3, -0.25) is 4.79 Å². The Hall–Kier alpha value is -0.640. The van der Waals surface area contributed by atoms with E-state index in [-0.39, 0.29) is 6.61 Å². The normalized spacial score (nSPS) is 14.5. The van der Waals surface area contributed by atoms with Gasteiger partial charge in [0.05, 0.1) is 0 Å². The summed E-state index contributed by atoms with van der Waals surface area (Å²) in [5.41, 5.74) is 0. The van der Waals surface area contributed by atoms with Crippen molar-refractivity contribution in [3.8, 4) is 0 Å². The van der Waals surface area contributed by atoms with Crippen LogP contribution in [0.1, 0.15) is 1.37 Å². The Labute approximate surface area is 47.8 Å². The molecule has 1 unspecified atom stereocenters. The van der Waals surface area contributed by atoms with Gasteiger partial charge in [-0.15, -0.1) is 0 Å². The highest BCUT2D eigenvalue weighted by Crippen LogP contribution is 1.89. The summed E-state index contributed by atoms with van der Waals surface area (Å²) < 4.78 is 26.1. The fourth-order valence-electron chi connectivity index (χ4n) is 0.217. The van der Waals surface area contributed by atoms with Crippen LogP contribution in [-0.2, 0) is 14.3 Å². The van der Waals surface area contributed by atoms with Crippen molar-refractivity contribution in [1.29, 1.82) is 0 Å². The number of carbonyl (C=O) groups is 1. The van der Waals surface area contributed by atoms with E-state index >= 15 is 0 Å². The first-order chi connectivity index (χ1) is 4.16. The lowest BCUT2D eigenvalue weighted by molar-refractivity contribution is -0.146. The van der Waals surface area contributed by atoms with Gasteiger partial charge >= 0.3 is 0 Å². The molecule has 3 nitrogen and oxygen atoms in total. The van der Waals surface area contributed by atoms with E-state index in [1.807, 2.05) is 0 Å².